The van der Waals surface area contributed by atoms with E-state index in [1.54, 1.807) is 0 Å². The standard InChI is InChI=1S/C12H17NO4S/c1-2-3-8-13-18(16,17)9-10-4-6-11(7-5-10)12(14)15/h4-7,13H,2-3,8-9H2,1H3,(H,14,15). The number of unbranched alkanes of at least 4 members (excludes halogenated alkanes) is 1. The Morgan fingerprint density at radius 1 is 1.28 bits per heavy atom. The highest BCUT2D eigenvalue weighted by atomic mass is 32.2. The molecule has 0 aliphatic rings. The number of sulfonamides is 1. The lowest BCUT2D eigenvalue weighted by atomic mass is 10.1. The Kier molecular flexibility index (Phi) is 5.30. The number of hydrogen-bond acceptors (Lipinski definition) is 3. The van der Waals surface area contributed by atoms with Crippen LogP contribution in [0.3, 0.4) is 0 Å². The topological polar surface area (TPSA) is 83.5 Å². The minimum Gasteiger partial charge on any atom is -0.478 e. The summed E-state index contributed by atoms with van der Waals surface area (Å²) >= 11 is 0. The Labute approximate surface area is 107 Å². The fraction of sp³-hybridized carbons (Fsp3) is 0.417. The summed E-state index contributed by atoms with van der Waals surface area (Å²) in [7, 11) is -3.34. The van der Waals surface area contributed by atoms with Gasteiger partial charge in [0, 0.05) is 6.54 Å². The highest BCUT2D eigenvalue weighted by molar-refractivity contribution is 7.88. The molecule has 0 saturated carbocycles. The smallest absolute Gasteiger partial charge is 0.335 e. The van der Waals surface area contributed by atoms with E-state index in [0.717, 1.165) is 12.8 Å². The Balaban J connectivity index is 2.63. The summed E-state index contributed by atoms with van der Waals surface area (Å²) in [6.45, 7) is 2.42. The molecule has 0 aromatic heterocycles. The number of aromatic carboxylic acids is 1. The van der Waals surface area contributed by atoms with Gasteiger partial charge in [0.2, 0.25) is 10.0 Å². The zero-order valence-electron chi connectivity index (χ0n) is 10.2. The van der Waals surface area contributed by atoms with Crippen LogP contribution in [0.15, 0.2) is 24.3 Å². The predicted octanol–water partition coefficient (Wildman–Crippen LogP) is 1.60. The summed E-state index contributed by atoms with van der Waals surface area (Å²) in [6, 6.07) is 5.84. The van der Waals surface area contributed by atoms with Crippen molar-refractivity contribution in [1.29, 1.82) is 0 Å². The number of carboxylic acid groups (broad SMARTS) is 1. The molecule has 1 aromatic carbocycles. The number of carboxylic acids is 1. The molecule has 0 amide bonds. The highest BCUT2D eigenvalue weighted by Crippen LogP contribution is 2.08. The molecule has 0 bridgehead atoms. The molecule has 0 fully saturated rings. The molecule has 0 heterocycles. The second-order valence-electron chi connectivity index (χ2n) is 4.01. The van der Waals surface area contributed by atoms with E-state index in [-0.39, 0.29) is 11.3 Å². The monoisotopic (exact) mass is 271 g/mol. The largest absolute Gasteiger partial charge is 0.478 e. The van der Waals surface area contributed by atoms with Crippen molar-refractivity contribution in [2.45, 2.75) is 25.5 Å². The third kappa shape index (κ3) is 4.85. The first-order valence-corrected chi connectivity index (χ1v) is 7.39. The molecule has 0 saturated heterocycles. The fourth-order valence-electron chi connectivity index (χ4n) is 1.42. The lowest BCUT2D eigenvalue weighted by molar-refractivity contribution is 0.0697. The van der Waals surface area contributed by atoms with Crippen molar-refractivity contribution in [3.8, 4) is 0 Å². The summed E-state index contributed by atoms with van der Waals surface area (Å²) in [5, 5.41) is 8.72. The molecule has 6 heteroatoms. The van der Waals surface area contributed by atoms with Crippen LogP contribution < -0.4 is 4.72 Å². The van der Waals surface area contributed by atoms with Gasteiger partial charge in [0.25, 0.3) is 0 Å². The second kappa shape index (κ2) is 6.51. The first-order chi connectivity index (χ1) is 8.44. The van der Waals surface area contributed by atoms with Gasteiger partial charge in [-0.25, -0.2) is 17.9 Å². The summed E-state index contributed by atoms with van der Waals surface area (Å²) in [4.78, 5) is 10.6. The van der Waals surface area contributed by atoms with Crippen LogP contribution in [0.4, 0.5) is 0 Å². The summed E-state index contributed by atoms with van der Waals surface area (Å²) in [5.74, 6) is -1.15. The second-order valence-corrected chi connectivity index (χ2v) is 5.82. The zero-order chi connectivity index (χ0) is 13.6. The van der Waals surface area contributed by atoms with E-state index in [4.69, 9.17) is 5.11 Å². The molecular formula is C12H17NO4S. The minimum atomic E-state index is -3.34. The molecule has 1 aromatic rings. The van der Waals surface area contributed by atoms with Crippen LogP contribution in [0.2, 0.25) is 0 Å². The Hall–Kier alpha value is -1.40. The summed E-state index contributed by atoms with van der Waals surface area (Å²) in [6.07, 6.45) is 1.73. The van der Waals surface area contributed by atoms with Crippen LogP contribution in [0.25, 0.3) is 0 Å². The molecule has 0 unspecified atom stereocenters. The van der Waals surface area contributed by atoms with Crippen molar-refractivity contribution < 1.29 is 18.3 Å². The van der Waals surface area contributed by atoms with Crippen molar-refractivity contribution in [1.82, 2.24) is 4.72 Å². The van der Waals surface area contributed by atoms with Crippen LogP contribution in [0.1, 0.15) is 35.7 Å². The van der Waals surface area contributed by atoms with Crippen LogP contribution in [-0.4, -0.2) is 26.0 Å². The average Bonchev–Trinajstić information content (AvgIpc) is 2.29. The Morgan fingerprint density at radius 2 is 1.89 bits per heavy atom. The number of rotatable bonds is 7. The molecule has 5 nitrogen and oxygen atoms in total. The molecule has 0 atom stereocenters. The third-order valence-corrected chi connectivity index (χ3v) is 3.77. The maximum atomic E-state index is 11.7. The summed E-state index contributed by atoms with van der Waals surface area (Å²) < 4.78 is 25.8. The van der Waals surface area contributed by atoms with Gasteiger partial charge in [-0.15, -0.1) is 0 Å². The number of carbonyl (C=O) groups is 1. The van der Waals surface area contributed by atoms with Gasteiger partial charge in [-0.2, -0.15) is 0 Å². The van der Waals surface area contributed by atoms with Crippen molar-refractivity contribution in [3.05, 3.63) is 35.4 Å². The predicted molar refractivity (Wildman–Crippen MR) is 68.9 cm³/mol. The highest BCUT2D eigenvalue weighted by Gasteiger charge is 2.11. The van der Waals surface area contributed by atoms with Crippen LogP contribution in [0.5, 0.6) is 0 Å². The van der Waals surface area contributed by atoms with E-state index in [0.29, 0.717) is 12.1 Å². The van der Waals surface area contributed by atoms with E-state index in [1.807, 2.05) is 6.92 Å². The first kappa shape index (κ1) is 14.7. The first-order valence-electron chi connectivity index (χ1n) is 5.74. The van der Waals surface area contributed by atoms with Crippen molar-refractivity contribution in [3.63, 3.8) is 0 Å². The molecule has 18 heavy (non-hydrogen) atoms. The molecule has 100 valence electrons. The van der Waals surface area contributed by atoms with Crippen LogP contribution in [-0.2, 0) is 15.8 Å². The number of benzene rings is 1. The maximum Gasteiger partial charge on any atom is 0.335 e. The van der Waals surface area contributed by atoms with E-state index in [1.165, 1.54) is 24.3 Å². The van der Waals surface area contributed by atoms with E-state index >= 15 is 0 Å². The lowest BCUT2D eigenvalue weighted by Gasteiger charge is -2.06. The van der Waals surface area contributed by atoms with Crippen LogP contribution >= 0.6 is 0 Å². The van der Waals surface area contributed by atoms with Gasteiger partial charge in [-0.1, -0.05) is 25.5 Å². The van der Waals surface area contributed by atoms with E-state index in [9.17, 15) is 13.2 Å². The van der Waals surface area contributed by atoms with Gasteiger partial charge in [0.05, 0.1) is 11.3 Å². The molecule has 0 aliphatic heterocycles. The van der Waals surface area contributed by atoms with Crippen molar-refractivity contribution in [2.75, 3.05) is 6.54 Å². The SMILES string of the molecule is CCCCNS(=O)(=O)Cc1ccc(C(=O)O)cc1. The van der Waals surface area contributed by atoms with Crippen molar-refractivity contribution in [2.24, 2.45) is 0 Å². The normalized spacial score (nSPS) is 11.4. The van der Waals surface area contributed by atoms with Gasteiger partial charge in [-0.3, -0.25) is 0 Å². The van der Waals surface area contributed by atoms with Gasteiger partial charge in [-0.05, 0) is 24.1 Å². The molecule has 1 rings (SSSR count). The lowest BCUT2D eigenvalue weighted by Crippen LogP contribution is -2.26. The third-order valence-electron chi connectivity index (χ3n) is 2.41. The minimum absolute atomic E-state index is 0.128. The van der Waals surface area contributed by atoms with Gasteiger partial charge < -0.3 is 5.11 Å². The van der Waals surface area contributed by atoms with Crippen molar-refractivity contribution >= 4 is 16.0 Å². The zero-order valence-corrected chi connectivity index (χ0v) is 11.0. The average molecular weight is 271 g/mol. The quantitative estimate of drug-likeness (QED) is 0.738. The summed E-state index contributed by atoms with van der Waals surface area (Å²) in [5.41, 5.74) is 0.721. The number of nitrogens with one attached hydrogen (secondary N) is 1. The molecule has 2 N–H and O–H groups in total. The molecule has 0 aliphatic carbocycles. The Bertz CT molecular complexity index is 493. The van der Waals surface area contributed by atoms with E-state index < -0.39 is 16.0 Å². The fourth-order valence-corrected chi connectivity index (χ4v) is 2.61. The maximum absolute atomic E-state index is 11.7. The van der Waals surface area contributed by atoms with Gasteiger partial charge in [0.15, 0.2) is 0 Å². The molecular weight excluding hydrogens is 254 g/mol. The van der Waals surface area contributed by atoms with E-state index in [2.05, 4.69) is 4.72 Å². The van der Waals surface area contributed by atoms with Gasteiger partial charge in [0.1, 0.15) is 0 Å². The Morgan fingerprint density at radius 3 is 2.39 bits per heavy atom. The number of hydrogen-bond donors (Lipinski definition) is 2. The van der Waals surface area contributed by atoms with Gasteiger partial charge >= 0.3 is 5.97 Å². The molecule has 0 radical (unpaired) electrons. The van der Waals surface area contributed by atoms with Crippen LogP contribution in [0, 0.1) is 0 Å². The molecule has 0 spiro atoms.